The molecular weight excluding hydrogens is 440 g/mol. The number of sulfonamides is 1. The Morgan fingerprint density at radius 3 is 2.33 bits per heavy atom. The van der Waals surface area contributed by atoms with Gasteiger partial charge >= 0.3 is 0 Å². The van der Waals surface area contributed by atoms with Crippen molar-refractivity contribution in [3.63, 3.8) is 0 Å². The lowest BCUT2D eigenvalue weighted by molar-refractivity contribution is -0.117. The van der Waals surface area contributed by atoms with Gasteiger partial charge in [-0.05, 0) is 42.3 Å². The van der Waals surface area contributed by atoms with Gasteiger partial charge in [0.25, 0.3) is 5.91 Å². The lowest BCUT2D eigenvalue weighted by atomic mass is 10.1. The Kier molecular flexibility index (Phi) is 7.78. The number of pyridine rings is 1. The number of para-hydroxylation sites is 2. The van der Waals surface area contributed by atoms with E-state index in [-0.39, 0.29) is 24.4 Å². The summed E-state index contributed by atoms with van der Waals surface area (Å²) in [6.45, 7) is 2.01. The molecule has 172 valence electrons. The molecule has 2 aromatic carbocycles. The Bertz CT molecular complexity index is 1200. The monoisotopic (exact) mass is 466 g/mol. The van der Waals surface area contributed by atoms with E-state index >= 15 is 0 Å². The minimum absolute atomic E-state index is 0.239. The molecule has 8 nitrogen and oxygen atoms in total. The van der Waals surface area contributed by atoms with Gasteiger partial charge in [0.05, 0.1) is 23.2 Å². The van der Waals surface area contributed by atoms with Crippen LogP contribution in [0.2, 0.25) is 0 Å². The average molecular weight is 467 g/mol. The van der Waals surface area contributed by atoms with Crippen LogP contribution in [0.5, 0.6) is 0 Å². The van der Waals surface area contributed by atoms with Crippen LogP contribution in [-0.2, 0) is 21.4 Å². The van der Waals surface area contributed by atoms with Gasteiger partial charge in [-0.25, -0.2) is 8.42 Å². The van der Waals surface area contributed by atoms with Crippen LogP contribution in [0.1, 0.15) is 29.3 Å². The summed E-state index contributed by atoms with van der Waals surface area (Å²) in [5.74, 6) is -0.898. The number of hydrogen-bond donors (Lipinski definition) is 2. The molecule has 1 atom stereocenters. The van der Waals surface area contributed by atoms with Gasteiger partial charge in [-0.15, -0.1) is 0 Å². The number of benzene rings is 2. The van der Waals surface area contributed by atoms with E-state index in [1.54, 1.807) is 80.0 Å². The van der Waals surface area contributed by atoms with E-state index in [9.17, 15) is 18.0 Å². The second-order valence-electron chi connectivity index (χ2n) is 7.40. The van der Waals surface area contributed by atoms with Crippen LogP contribution >= 0.6 is 0 Å². The van der Waals surface area contributed by atoms with Crippen molar-refractivity contribution >= 4 is 33.2 Å². The standard InChI is InChI=1S/C24H26N4O4S/c1-3-22(28(33(2,31)32)19-11-5-4-6-12-19)24(30)27-21-14-8-7-13-20(21)23(29)26-17-18-10-9-15-25-16-18/h4-16,22H,3,17H2,1-2H3,(H,26,29)(H,27,30). The molecule has 1 unspecified atom stereocenters. The zero-order valence-corrected chi connectivity index (χ0v) is 19.2. The largest absolute Gasteiger partial charge is 0.348 e. The minimum Gasteiger partial charge on any atom is -0.348 e. The van der Waals surface area contributed by atoms with Crippen LogP contribution in [0.4, 0.5) is 11.4 Å². The molecule has 0 fully saturated rings. The van der Waals surface area contributed by atoms with Crippen LogP contribution in [-0.4, -0.2) is 37.5 Å². The van der Waals surface area contributed by atoms with Crippen molar-refractivity contribution in [3.8, 4) is 0 Å². The molecule has 0 saturated carbocycles. The number of hydrogen-bond acceptors (Lipinski definition) is 5. The van der Waals surface area contributed by atoms with E-state index in [0.717, 1.165) is 16.1 Å². The molecule has 0 saturated heterocycles. The molecular formula is C24H26N4O4S. The molecule has 3 rings (SSSR count). The molecule has 3 aromatic rings. The second kappa shape index (κ2) is 10.7. The molecule has 0 spiro atoms. The molecule has 0 bridgehead atoms. The normalized spacial score (nSPS) is 11.9. The van der Waals surface area contributed by atoms with Gasteiger partial charge < -0.3 is 10.6 Å². The third-order valence-corrected chi connectivity index (χ3v) is 6.13. The average Bonchev–Trinajstić information content (AvgIpc) is 2.81. The number of nitrogens with one attached hydrogen (secondary N) is 2. The summed E-state index contributed by atoms with van der Waals surface area (Å²) >= 11 is 0. The molecule has 9 heteroatoms. The van der Waals surface area contributed by atoms with Crippen molar-refractivity contribution < 1.29 is 18.0 Å². The molecule has 0 aliphatic heterocycles. The molecule has 2 N–H and O–H groups in total. The molecule has 0 aliphatic carbocycles. The minimum atomic E-state index is -3.74. The Hall–Kier alpha value is -3.72. The summed E-state index contributed by atoms with van der Waals surface area (Å²) in [6.07, 6.45) is 4.61. The van der Waals surface area contributed by atoms with Crippen LogP contribution in [0.25, 0.3) is 0 Å². The fourth-order valence-electron chi connectivity index (χ4n) is 3.42. The summed E-state index contributed by atoms with van der Waals surface area (Å²) in [6, 6.07) is 17.7. The number of rotatable bonds is 9. The SMILES string of the molecule is CCC(C(=O)Nc1ccccc1C(=O)NCc1cccnc1)N(c1ccccc1)S(C)(=O)=O. The number of amides is 2. The number of carbonyl (C=O) groups excluding carboxylic acids is 2. The maximum atomic E-state index is 13.2. The van der Waals surface area contributed by atoms with E-state index in [2.05, 4.69) is 15.6 Å². The van der Waals surface area contributed by atoms with Crippen LogP contribution in [0.15, 0.2) is 79.1 Å². The van der Waals surface area contributed by atoms with Crippen molar-refractivity contribution in [3.05, 3.63) is 90.3 Å². The fraction of sp³-hybridized carbons (Fsp3) is 0.208. The summed E-state index contributed by atoms with van der Waals surface area (Å²) in [5, 5.41) is 5.55. The highest BCUT2D eigenvalue weighted by atomic mass is 32.2. The lowest BCUT2D eigenvalue weighted by Gasteiger charge is -2.30. The van der Waals surface area contributed by atoms with Crippen LogP contribution < -0.4 is 14.9 Å². The van der Waals surface area contributed by atoms with E-state index in [1.165, 1.54) is 0 Å². The first-order valence-corrected chi connectivity index (χ1v) is 12.3. The molecule has 0 radical (unpaired) electrons. The Morgan fingerprint density at radius 2 is 1.70 bits per heavy atom. The van der Waals surface area contributed by atoms with Gasteiger partial charge in [0.1, 0.15) is 6.04 Å². The van der Waals surface area contributed by atoms with Crippen molar-refractivity contribution in [2.45, 2.75) is 25.9 Å². The predicted octanol–water partition coefficient (Wildman–Crippen LogP) is 3.19. The van der Waals surface area contributed by atoms with Gasteiger partial charge in [-0.3, -0.25) is 18.9 Å². The Labute approximate surface area is 193 Å². The zero-order valence-electron chi connectivity index (χ0n) is 18.4. The Balaban J connectivity index is 1.82. The van der Waals surface area contributed by atoms with Gasteiger partial charge in [0.2, 0.25) is 15.9 Å². The van der Waals surface area contributed by atoms with Gasteiger partial charge in [-0.1, -0.05) is 43.3 Å². The van der Waals surface area contributed by atoms with Crippen molar-refractivity contribution in [1.82, 2.24) is 10.3 Å². The first-order chi connectivity index (χ1) is 15.8. The number of nitrogens with zero attached hydrogens (tertiary/aromatic N) is 2. The number of anilines is 2. The van der Waals surface area contributed by atoms with E-state index in [0.29, 0.717) is 11.4 Å². The summed E-state index contributed by atoms with van der Waals surface area (Å²) in [5.41, 5.74) is 1.80. The first-order valence-electron chi connectivity index (χ1n) is 10.4. The first kappa shape index (κ1) is 23.9. The van der Waals surface area contributed by atoms with Gasteiger partial charge in [0.15, 0.2) is 0 Å². The summed E-state index contributed by atoms with van der Waals surface area (Å²) < 4.78 is 26.2. The fourth-order valence-corrected chi connectivity index (χ4v) is 4.63. The van der Waals surface area contributed by atoms with Crippen molar-refractivity contribution in [1.29, 1.82) is 0 Å². The zero-order chi connectivity index (χ0) is 23.8. The third kappa shape index (κ3) is 6.17. The highest BCUT2D eigenvalue weighted by Crippen LogP contribution is 2.24. The maximum absolute atomic E-state index is 13.2. The van der Waals surface area contributed by atoms with Crippen molar-refractivity contribution in [2.24, 2.45) is 0 Å². The smallest absolute Gasteiger partial charge is 0.253 e. The van der Waals surface area contributed by atoms with Crippen LogP contribution in [0.3, 0.4) is 0 Å². The third-order valence-electron chi connectivity index (χ3n) is 4.95. The Morgan fingerprint density at radius 1 is 1.00 bits per heavy atom. The van der Waals surface area contributed by atoms with Gasteiger partial charge in [-0.2, -0.15) is 0 Å². The molecule has 33 heavy (non-hydrogen) atoms. The molecule has 1 heterocycles. The van der Waals surface area contributed by atoms with Gasteiger partial charge in [0, 0.05) is 18.9 Å². The van der Waals surface area contributed by atoms with E-state index < -0.39 is 22.0 Å². The quantitative estimate of drug-likeness (QED) is 0.503. The predicted molar refractivity (Wildman–Crippen MR) is 128 cm³/mol. The van der Waals surface area contributed by atoms with E-state index in [4.69, 9.17) is 0 Å². The summed E-state index contributed by atoms with van der Waals surface area (Å²) in [7, 11) is -3.74. The lowest BCUT2D eigenvalue weighted by Crippen LogP contribution is -2.47. The maximum Gasteiger partial charge on any atom is 0.253 e. The summed E-state index contributed by atoms with van der Waals surface area (Å²) in [4.78, 5) is 30.0. The molecule has 0 aliphatic rings. The van der Waals surface area contributed by atoms with Crippen molar-refractivity contribution in [2.75, 3.05) is 15.9 Å². The number of carbonyl (C=O) groups is 2. The van der Waals surface area contributed by atoms with E-state index in [1.807, 2.05) is 6.07 Å². The second-order valence-corrected chi connectivity index (χ2v) is 9.26. The van der Waals surface area contributed by atoms with Crippen LogP contribution in [0, 0.1) is 0 Å². The molecule has 1 aromatic heterocycles. The highest BCUT2D eigenvalue weighted by molar-refractivity contribution is 7.92. The highest BCUT2D eigenvalue weighted by Gasteiger charge is 2.32. The molecule has 2 amide bonds. The topological polar surface area (TPSA) is 108 Å². The number of aromatic nitrogens is 1.